The van der Waals surface area contributed by atoms with Crippen molar-refractivity contribution >= 4 is 5.82 Å². The number of aliphatic hydroxyl groups is 1. The van der Waals surface area contributed by atoms with Gasteiger partial charge in [-0.3, -0.25) is 4.90 Å². The number of hydrogen-bond acceptors (Lipinski definition) is 4. The molecule has 1 saturated heterocycles. The van der Waals surface area contributed by atoms with Crippen LogP contribution in [0.2, 0.25) is 0 Å². The highest BCUT2D eigenvalue weighted by atomic mass is 16.3. The smallest absolute Gasteiger partial charge is 0.128 e. The van der Waals surface area contributed by atoms with Gasteiger partial charge >= 0.3 is 0 Å². The molecule has 0 amide bonds. The minimum absolute atomic E-state index is 0.116. The molecule has 4 heteroatoms. The standard InChI is InChI=1S/C15H23N3O/c19-14-6-2-1-5-13(14)17-9-11-18(12-10-17)15-7-3-4-8-16-15/h3-4,7-8,13-14,19H,1-2,5-6,9-12H2. The third-order valence-corrected chi connectivity index (χ3v) is 4.45. The monoisotopic (exact) mass is 261 g/mol. The van der Waals surface area contributed by atoms with Crippen molar-refractivity contribution < 1.29 is 5.11 Å². The zero-order valence-corrected chi connectivity index (χ0v) is 11.4. The average molecular weight is 261 g/mol. The number of aromatic nitrogens is 1. The molecule has 0 aromatic carbocycles. The molecule has 1 aliphatic carbocycles. The summed E-state index contributed by atoms with van der Waals surface area (Å²) in [6.45, 7) is 4.11. The highest BCUT2D eigenvalue weighted by Gasteiger charge is 2.30. The fourth-order valence-corrected chi connectivity index (χ4v) is 3.34. The fourth-order valence-electron chi connectivity index (χ4n) is 3.34. The third kappa shape index (κ3) is 2.90. The van der Waals surface area contributed by atoms with Gasteiger partial charge in [-0.05, 0) is 25.0 Å². The lowest BCUT2D eigenvalue weighted by Gasteiger charge is -2.43. The summed E-state index contributed by atoms with van der Waals surface area (Å²) in [6.07, 6.45) is 6.33. The maximum absolute atomic E-state index is 10.1. The Hall–Kier alpha value is -1.13. The number of pyridine rings is 1. The number of hydrogen-bond donors (Lipinski definition) is 1. The van der Waals surface area contributed by atoms with Gasteiger partial charge in [0.15, 0.2) is 0 Å². The summed E-state index contributed by atoms with van der Waals surface area (Å²) < 4.78 is 0. The van der Waals surface area contributed by atoms with Gasteiger partial charge in [0.2, 0.25) is 0 Å². The highest BCUT2D eigenvalue weighted by Crippen LogP contribution is 2.24. The number of nitrogens with zero attached hydrogens (tertiary/aromatic N) is 3. The number of rotatable bonds is 2. The van der Waals surface area contributed by atoms with Crippen molar-refractivity contribution in [2.75, 3.05) is 31.1 Å². The lowest BCUT2D eigenvalue weighted by Crippen LogP contribution is -2.54. The van der Waals surface area contributed by atoms with E-state index < -0.39 is 0 Å². The summed E-state index contributed by atoms with van der Waals surface area (Å²) in [7, 11) is 0. The normalized spacial score (nSPS) is 29.4. The van der Waals surface area contributed by atoms with Crippen molar-refractivity contribution in [2.45, 2.75) is 37.8 Å². The van der Waals surface area contributed by atoms with E-state index in [4.69, 9.17) is 0 Å². The molecule has 0 spiro atoms. The first-order valence-corrected chi connectivity index (χ1v) is 7.43. The van der Waals surface area contributed by atoms with Gasteiger partial charge in [-0.15, -0.1) is 0 Å². The molecular formula is C15H23N3O. The van der Waals surface area contributed by atoms with Gasteiger partial charge in [0.1, 0.15) is 5.82 Å². The largest absolute Gasteiger partial charge is 0.391 e. The summed E-state index contributed by atoms with van der Waals surface area (Å²) in [4.78, 5) is 9.23. The van der Waals surface area contributed by atoms with E-state index in [-0.39, 0.29) is 6.10 Å². The van der Waals surface area contributed by atoms with E-state index in [9.17, 15) is 5.11 Å². The van der Waals surface area contributed by atoms with Crippen molar-refractivity contribution in [1.29, 1.82) is 0 Å². The quantitative estimate of drug-likeness (QED) is 0.876. The van der Waals surface area contributed by atoms with E-state index in [0.717, 1.165) is 44.8 Å². The van der Waals surface area contributed by atoms with E-state index in [2.05, 4.69) is 20.9 Å². The summed E-state index contributed by atoms with van der Waals surface area (Å²) in [5, 5.41) is 10.1. The molecule has 2 atom stereocenters. The van der Waals surface area contributed by atoms with Crippen molar-refractivity contribution in [3.63, 3.8) is 0 Å². The molecule has 2 heterocycles. The topological polar surface area (TPSA) is 39.6 Å². The van der Waals surface area contributed by atoms with E-state index in [1.54, 1.807) is 0 Å². The summed E-state index contributed by atoms with van der Waals surface area (Å²) in [6, 6.07) is 6.46. The molecule has 104 valence electrons. The molecule has 0 bridgehead atoms. The van der Waals surface area contributed by atoms with Crippen LogP contribution in [0.25, 0.3) is 0 Å². The molecule has 2 fully saturated rings. The Balaban J connectivity index is 1.57. The third-order valence-electron chi connectivity index (χ3n) is 4.45. The zero-order valence-electron chi connectivity index (χ0n) is 11.4. The van der Waals surface area contributed by atoms with Crippen LogP contribution in [0.3, 0.4) is 0 Å². The molecule has 19 heavy (non-hydrogen) atoms. The van der Waals surface area contributed by atoms with Crippen LogP contribution in [0.5, 0.6) is 0 Å². The molecular weight excluding hydrogens is 238 g/mol. The Morgan fingerprint density at radius 2 is 1.84 bits per heavy atom. The Bertz CT molecular complexity index is 390. The Morgan fingerprint density at radius 1 is 1.05 bits per heavy atom. The number of aliphatic hydroxyl groups excluding tert-OH is 1. The SMILES string of the molecule is OC1CCCCC1N1CCN(c2ccccn2)CC1. The Kier molecular flexibility index (Phi) is 3.99. The van der Waals surface area contributed by atoms with Gasteiger partial charge in [0.25, 0.3) is 0 Å². The van der Waals surface area contributed by atoms with Crippen LogP contribution in [0.1, 0.15) is 25.7 Å². The maximum Gasteiger partial charge on any atom is 0.128 e. The van der Waals surface area contributed by atoms with Gasteiger partial charge in [0, 0.05) is 38.4 Å². The Morgan fingerprint density at radius 3 is 2.53 bits per heavy atom. The molecule has 1 aliphatic heterocycles. The van der Waals surface area contributed by atoms with Crippen molar-refractivity contribution in [3.05, 3.63) is 24.4 Å². The summed E-state index contributed by atoms with van der Waals surface area (Å²) in [5.74, 6) is 1.08. The van der Waals surface area contributed by atoms with Crippen molar-refractivity contribution in [1.82, 2.24) is 9.88 Å². The molecule has 1 saturated carbocycles. The fraction of sp³-hybridized carbons (Fsp3) is 0.667. The van der Waals surface area contributed by atoms with Gasteiger partial charge < -0.3 is 10.0 Å². The molecule has 4 nitrogen and oxygen atoms in total. The minimum atomic E-state index is -0.116. The van der Waals surface area contributed by atoms with Gasteiger partial charge in [-0.1, -0.05) is 18.9 Å². The molecule has 0 radical (unpaired) electrons. The van der Waals surface area contributed by atoms with Gasteiger partial charge in [0.05, 0.1) is 6.10 Å². The lowest BCUT2D eigenvalue weighted by molar-refractivity contribution is 0.0172. The van der Waals surface area contributed by atoms with E-state index in [1.165, 1.54) is 12.8 Å². The second kappa shape index (κ2) is 5.88. The number of piperazine rings is 1. The molecule has 2 unspecified atom stereocenters. The van der Waals surface area contributed by atoms with E-state index >= 15 is 0 Å². The van der Waals surface area contributed by atoms with Crippen LogP contribution in [0.15, 0.2) is 24.4 Å². The van der Waals surface area contributed by atoms with Crippen LogP contribution in [-0.4, -0.2) is 53.3 Å². The molecule has 1 aromatic rings. The predicted molar refractivity (Wildman–Crippen MR) is 76.3 cm³/mol. The maximum atomic E-state index is 10.1. The Labute approximate surface area is 115 Å². The zero-order chi connectivity index (χ0) is 13.1. The van der Waals surface area contributed by atoms with Gasteiger partial charge in [-0.25, -0.2) is 4.98 Å². The minimum Gasteiger partial charge on any atom is -0.391 e. The lowest BCUT2D eigenvalue weighted by atomic mass is 9.91. The average Bonchev–Trinajstić information content (AvgIpc) is 2.49. The summed E-state index contributed by atoms with van der Waals surface area (Å²) >= 11 is 0. The highest BCUT2D eigenvalue weighted by molar-refractivity contribution is 5.38. The van der Waals surface area contributed by atoms with Crippen LogP contribution in [-0.2, 0) is 0 Å². The van der Waals surface area contributed by atoms with Gasteiger partial charge in [-0.2, -0.15) is 0 Å². The molecule has 1 aromatic heterocycles. The van der Waals surface area contributed by atoms with Crippen LogP contribution < -0.4 is 4.90 Å². The molecule has 3 rings (SSSR count). The first kappa shape index (κ1) is 12.9. The van der Waals surface area contributed by atoms with Crippen molar-refractivity contribution in [3.8, 4) is 0 Å². The van der Waals surface area contributed by atoms with Crippen LogP contribution in [0, 0.1) is 0 Å². The second-order valence-electron chi connectivity index (χ2n) is 5.63. The summed E-state index contributed by atoms with van der Waals surface area (Å²) in [5.41, 5.74) is 0. The van der Waals surface area contributed by atoms with Crippen molar-refractivity contribution in [2.24, 2.45) is 0 Å². The predicted octanol–water partition coefficient (Wildman–Crippen LogP) is 1.51. The number of anilines is 1. The van der Waals surface area contributed by atoms with Crippen LogP contribution >= 0.6 is 0 Å². The first-order valence-electron chi connectivity index (χ1n) is 7.43. The van der Waals surface area contributed by atoms with Crippen LogP contribution in [0.4, 0.5) is 5.82 Å². The molecule has 1 N–H and O–H groups in total. The second-order valence-corrected chi connectivity index (χ2v) is 5.63. The van der Waals surface area contributed by atoms with E-state index in [1.807, 2.05) is 18.3 Å². The van der Waals surface area contributed by atoms with E-state index in [0.29, 0.717) is 6.04 Å². The first-order chi connectivity index (χ1) is 9.34. The molecule has 2 aliphatic rings.